The molecular formula is C13H19BrN2OS. The van der Waals surface area contributed by atoms with Crippen LogP contribution in [0.4, 0.5) is 0 Å². The normalized spacial score (nSPS) is 18.8. The van der Waals surface area contributed by atoms with E-state index in [0.29, 0.717) is 11.2 Å². The van der Waals surface area contributed by atoms with Crippen molar-refractivity contribution in [3.63, 3.8) is 0 Å². The Balaban J connectivity index is 2.45. The van der Waals surface area contributed by atoms with Crippen LogP contribution in [0.25, 0.3) is 0 Å². The predicted octanol–water partition coefficient (Wildman–Crippen LogP) is 4.41. The number of nitrogens with one attached hydrogen (secondary N) is 1. The number of hydrogen-bond donors (Lipinski definition) is 1. The number of ether oxygens (including phenoxy) is 1. The predicted molar refractivity (Wildman–Crippen MR) is 78.2 cm³/mol. The van der Waals surface area contributed by atoms with Gasteiger partial charge < -0.3 is 9.72 Å². The molecular weight excluding hydrogens is 312 g/mol. The Kier molecular flexibility index (Phi) is 4.56. The van der Waals surface area contributed by atoms with Gasteiger partial charge in [-0.2, -0.15) is 0 Å². The van der Waals surface area contributed by atoms with E-state index in [9.17, 15) is 0 Å². The lowest BCUT2D eigenvalue weighted by Crippen LogP contribution is -2.34. The average molecular weight is 331 g/mol. The third-order valence-electron chi connectivity index (χ3n) is 3.55. The quantitative estimate of drug-likeness (QED) is 0.834. The molecule has 0 aromatic carbocycles. The molecule has 1 heterocycles. The van der Waals surface area contributed by atoms with Crippen LogP contribution in [0, 0.1) is 11.6 Å². The second-order valence-corrected chi connectivity index (χ2v) is 6.00. The molecule has 2 rings (SSSR count). The minimum Gasteiger partial charge on any atom is -0.367 e. The summed E-state index contributed by atoms with van der Waals surface area (Å²) in [5.41, 5.74) is 0.765. The number of hydrogen-bond acceptors (Lipinski definition) is 3. The summed E-state index contributed by atoms with van der Waals surface area (Å²) in [6.45, 7) is 4.75. The number of halogens is 1. The molecule has 100 valence electrons. The molecule has 1 aromatic rings. The van der Waals surface area contributed by atoms with Crippen LogP contribution in [0.3, 0.4) is 0 Å². The van der Waals surface area contributed by atoms with Crippen molar-refractivity contribution in [3.8, 4) is 0 Å². The number of rotatable bonds is 3. The SMILES string of the molecule is CCOC1(c2nc(=S)c(Br)c(C)[nH]2)CCCCC1. The Morgan fingerprint density at radius 2 is 2.06 bits per heavy atom. The summed E-state index contributed by atoms with van der Waals surface area (Å²) in [5, 5.41) is 0. The summed E-state index contributed by atoms with van der Waals surface area (Å²) in [6, 6.07) is 0. The maximum absolute atomic E-state index is 6.05. The summed E-state index contributed by atoms with van der Waals surface area (Å²) < 4.78 is 7.55. The lowest BCUT2D eigenvalue weighted by Gasteiger charge is -2.36. The molecule has 1 fully saturated rings. The first-order chi connectivity index (χ1) is 8.59. The summed E-state index contributed by atoms with van der Waals surface area (Å²) in [7, 11) is 0. The van der Waals surface area contributed by atoms with Gasteiger partial charge in [-0.15, -0.1) is 0 Å². The van der Waals surface area contributed by atoms with Crippen LogP contribution in [0.2, 0.25) is 0 Å². The molecule has 0 spiro atoms. The Bertz CT molecular complexity index is 475. The molecule has 0 unspecified atom stereocenters. The molecule has 0 atom stereocenters. The number of H-pyrrole nitrogens is 1. The van der Waals surface area contributed by atoms with E-state index in [1.807, 2.05) is 13.8 Å². The van der Waals surface area contributed by atoms with Crippen molar-refractivity contribution in [2.24, 2.45) is 0 Å². The zero-order chi connectivity index (χ0) is 13.2. The highest BCUT2D eigenvalue weighted by molar-refractivity contribution is 9.10. The van der Waals surface area contributed by atoms with E-state index in [4.69, 9.17) is 17.0 Å². The van der Waals surface area contributed by atoms with Crippen LogP contribution in [0.5, 0.6) is 0 Å². The molecule has 1 aliphatic rings. The summed E-state index contributed by atoms with van der Waals surface area (Å²) >= 11 is 8.75. The van der Waals surface area contributed by atoms with Gasteiger partial charge in [-0.1, -0.05) is 31.5 Å². The van der Waals surface area contributed by atoms with Gasteiger partial charge >= 0.3 is 0 Å². The van der Waals surface area contributed by atoms with Crippen molar-refractivity contribution < 1.29 is 4.74 Å². The van der Waals surface area contributed by atoms with E-state index < -0.39 is 0 Å². The second-order valence-electron chi connectivity index (χ2n) is 4.82. The Morgan fingerprint density at radius 1 is 1.39 bits per heavy atom. The van der Waals surface area contributed by atoms with E-state index in [-0.39, 0.29) is 5.60 Å². The minimum atomic E-state index is -0.258. The number of aromatic nitrogens is 2. The Morgan fingerprint density at radius 3 is 2.61 bits per heavy atom. The van der Waals surface area contributed by atoms with E-state index in [1.165, 1.54) is 19.3 Å². The van der Waals surface area contributed by atoms with E-state index in [2.05, 4.69) is 25.9 Å². The number of aromatic amines is 1. The minimum absolute atomic E-state index is 0.258. The van der Waals surface area contributed by atoms with Crippen LogP contribution in [-0.2, 0) is 10.3 Å². The molecule has 1 saturated carbocycles. The standard InChI is InChI=1S/C13H19BrN2OS/c1-3-17-13(7-5-4-6-8-13)12-15-9(2)10(14)11(18)16-12/h3-8H2,1-2H3,(H,15,16,18). The van der Waals surface area contributed by atoms with Crippen LogP contribution >= 0.6 is 28.1 Å². The summed E-state index contributed by atoms with van der Waals surface area (Å²) in [5.74, 6) is 0.898. The molecule has 1 aromatic heterocycles. The van der Waals surface area contributed by atoms with Crippen LogP contribution < -0.4 is 0 Å². The highest BCUT2D eigenvalue weighted by atomic mass is 79.9. The molecule has 0 amide bonds. The number of aryl methyl sites for hydroxylation is 1. The molecule has 1 aliphatic carbocycles. The van der Waals surface area contributed by atoms with Crippen LogP contribution in [0.1, 0.15) is 50.5 Å². The van der Waals surface area contributed by atoms with Gasteiger partial charge in [0, 0.05) is 12.3 Å². The van der Waals surface area contributed by atoms with Gasteiger partial charge in [0.2, 0.25) is 0 Å². The summed E-state index contributed by atoms with van der Waals surface area (Å²) in [6.07, 6.45) is 5.72. The zero-order valence-electron chi connectivity index (χ0n) is 10.9. The first-order valence-electron chi connectivity index (χ1n) is 6.50. The first-order valence-corrected chi connectivity index (χ1v) is 7.70. The molecule has 3 nitrogen and oxygen atoms in total. The fourth-order valence-electron chi connectivity index (χ4n) is 2.64. The maximum atomic E-state index is 6.05. The molecule has 0 radical (unpaired) electrons. The fourth-order valence-corrected chi connectivity index (χ4v) is 3.07. The molecule has 0 saturated heterocycles. The highest BCUT2D eigenvalue weighted by Crippen LogP contribution is 2.39. The Labute approximate surface area is 121 Å². The van der Waals surface area contributed by atoms with Crippen molar-refractivity contribution in [1.82, 2.24) is 9.97 Å². The molecule has 1 N–H and O–H groups in total. The monoisotopic (exact) mass is 330 g/mol. The van der Waals surface area contributed by atoms with Gasteiger partial charge in [-0.3, -0.25) is 0 Å². The lowest BCUT2D eigenvalue weighted by atomic mass is 9.84. The summed E-state index contributed by atoms with van der Waals surface area (Å²) in [4.78, 5) is 7.90. The van der Waals surface area contributed by atoms with Crippen LogP contribution in [0.15, 0.2) is 4.47 Å². The van der Waals surface area contributed by atoms with E-state index >= 15 is 0 Å². The van der Waals surface area contributed by atoms with Gasteiger partial charge in [0.15, 0.2) is 0 Å². The van der Waals surface area contributed by atoms with Crippen LogP contribution in [-0.4, -0.2) is 16.6 Å². The topological polar surface area (TPSA) is 37.9 Å². The van der Waals surface area contributed by atoms with Crippen molar-refractivity contribution in [2.75, 3.05) is 6.61 Å². The van der Waals surface area contributed by atoms with Crippen molar-refractivity contribution in [3.05, 3.63) is 20.6 Å². The number of nitrogens with zero attached hydrogens (tertiary/aromatic N) is 1. The maximum Gasteiger partial charge on any atom is 0.144 e. The van der Waals surface area contributed by atoms with Gasteiger partial charge in [-0.05, 0) is 42.6 Å². The van der Waals surface area contributed by atoms with Crippen molar-refractivity contribution >= 4 is 28.1 Å². The van der Waals surface area contributed by atoms with Crippen molar-refractivity contribution in [1.29, 1.82) is 0 Å². The zero-order valence-corrected chi connectivity index (χ0v) is 13.3. The fraction of sp³-hybridized carbons (Fsp3) is 0.692. The molecule has 0 bridgehead atoms. The first kappa shape index (κ1) is 14.2. The molecule has 0 aliphatic heterocycles. The third kappa shape index (κ3) is 2.68. The average Bonchev–Trinajstić information content (AvgIpc) is 2.37. The smallest absolute Gasteiger partial charge is 0.144 e. The van der Waals surface area contributed by atoms with Gasteiger partial charge in [0.1, 0.15) is 16.1 Å². The van der Waals surface area contributed by atoms with Gasteiger partial charge in [-0.25, -0.2) is 4.98 Å². The highest BCUT2D eigenvalue weighted by Gasteiger charge is 2.37. The second kappa shape index (κ2) is 5.80. The van der Waals surface area contributed by atoms with E-state index in [0.717, 1.165) is 28.8 Å². The van der Waals surface area contributed by atoms with Gasteiger partial charge in [0.25, 0.3) is 0 Å². The van der Waals surface area contributed by atoms with E-state index in [1.54, 1.807) is 0 Å². The Hall–Kier alpha value is -0.260. The lowest BCUT2D eigenvalue weighted by molar-refractivity contribution is -0.0768. The van der Waals surface area contributed by atoms with Crippen molar-refractivity contribution in [2.45, 2.75) is 51.6 Å². The molecule has 18 heavy (non-hydrogen) atoms. The molecule has 5 heteroatoms. The third-order valence-corrected chi connectivity index (χ3v) is 5.08. The largest absolute Gasteiger partial charge is 0.367 e. The van der Waals surface area contributed by atoms with Gasteiger partial charge in [0.05, 0.1) is 4.47 Å².